The smallest absolute Gasteiger partial charge is 0.312 e. The second-order valence-electron chi connectivity index (χ2n) is 2.03. The van der Waals surface area contributed by atoms with Crippen molar-refractivity contribution in [1.29, 1.82) is 0 Å². The van der Waals surface area contributed by atoms with E-state index in [2.05, 4.69) is 5.32 Å². The van der Waals surface area contributed by atoms with E-state index in [-0.39, 0.29) is 0 Å². The maximum absolute atomic E-state index is 10.1. The van der Waals surface area contributed by atoms with E-state index in [4.69, 9.17) is 5.73 Å². The van der Waals surface area contributed by atoms with E-state index in [0.29, 0.717) is 6.54 Å². The van der Waals surface area contributed by atoms with Crippen LogP contribution in [0.2, 0.25) is 0 Å². The van der Waals surface area contributed by atoms with Gasteiger partial charge in [0, 0.05) is 6.54 Å². The van der Waals surface area contributed by atoms with Crippen LogP contribution in [-0.2, 0) is 0 Å². The van der Waals surface area contributed by atoms with Crippen molar-refractivity contribution in [2.45, 2.75) is 13.8 Å². The van der Waals surface area contributed by atoms with E-state index in [1.807, 2.05) is 19.9 Å². The van der Waals surface area contributed by atoms with E-state index >= 15 is 0 Å². The zero-order valence-electron chi connectivity index (χ0n) is 5.77. The van der Waals surface area contributed by atoms with Crippen LogP contribution in [0.4, 0.5) is 4.79 Å². The molecule has 52 valence electrons. The van der Waals surface area contributed by atoms with E-state index < -0.39 is 6.03 Å². The Morgan fingerprint density at radius 3 is 2.56 bits per heavy atom. The molecule has 0 aliphatic carbocycles. The lowest BCUT2D eigenvalue weighted by atomic mass is 10.3. The third kappa shape index (κ3) is 7.01. The maximum Gasteiger partial charge on any atom is 0.312 e. The molecular weight excluding hydrogens is 116 g/mol. The van der Waals surface area contributed by atoms with Crippen LogP contribution in [0.25, 0.3) is 0 Å². The average Bonchev–Trinajstić information content (AvgIpc) is 1.63. The van der Waals surface area contributed by atoms with Gasteiger partial charge in [0.05, 0.1) is 0 Å². The molecule has 0 spiro atoms. The Labute approximate surface area is 54.9 Å². The molecule has 0 bridgehead atoms. The van der Waals surface area contributed by atoms with Crippen molar-refractivity contribution in [3.8, 4) is 0 Å². The molecule has 0 aliphatic heterocycles. The number of urea groups is 1. The maximum atomic E-state index is 10.1. The van der Waals surface area contributed by atoms with Gasteiger partial charge in [-0.2, -0.15) is 0 Å². The topological polar surface area (TPSA) is 55.1 Å². The van der Waals surface area contributed by atoms with Gasteiger partial charge in [-0.15, -0.1) is 0 Å². The van der Waals surface area contributed by atoms with Gasteiger partial charge < -0.3 is 11.1 Å². The summed E-state index contributed by atoms with van der Waals surface area (Å²) < 4.78 is 0. The second kappa shape index (κ2) is 3.95. The summed E-state index contributed by atoms with van der Waals surface area (Å²) >= 11 is 0. The molecular formula is C6H12N2O. The third-order valence-electron chi connectivity index (χ3n) is 0.787. The number of nitrogens with two attached hydrogens (primary N) is 1. The van der Waals surface area contributed by atoms with Gasteiger partial charge in [0.1, 0.15) is 0 Å². The first-order chi connectivity index (χ1) is 4.13. The summed E-state index contributed by atoms with van der Waals surface area (Å²) in [6.45, 7) is 4.45. The number of primary amides is 1. The monoisotopic (exact) mass is 128 g/mol. The van der Waals surface area contributed by atoms with Gasteiger partial charge in [-0.05, 0) is 13.8 Å². The highest BCUT2D eigenvalue weighted by molar-refractivity contribution is 5.71. The first-order valence-electron chi connectivity index (χ1n) is 2.79. The van der Waals surface area contributed by atoms with Crippen LogP contribution in [0.1, 0.15) is 13.8 Å². The lowest BCUT2D eigenvalue weighted by Crippen LogP contribution is -2.29. The number of amides is 2. The summed E-state index contributed by atoms with van der Waals surface area (Å²) in [7, 11) is 0. The SMILES string of the molecule is CC(C)=CCNC(N)=O. The quantitative estimate of drug-likeness (QED) is 0.526. The number of hydrogen-bond acceptors (Lipinski definition) is 1. The lowest BCUT2D eigenvalue weighted by molar-refractivity contribution is 0.250. The van der Waals surface area contributed by atoms with Crippen LogP contribution < -0.4 is 11.1 Å². The number of hydrogen-bond donors (Lipinski definition) is 2. The Bertz CT molecular complexity index is 125. The Balaban J connectivity index is 3.31. The molecule has 3 N–H and O–H groups in total. The highest BCUT2D eigenvalue weighted by Crippen LogP contribution is 1.84. The number of nitrogens with one attached hydrogen (secondary N) is 1. The van der Waals surface area contributed by atoms with Crippen molar-refractivity contribution < 1.29 is 4.79 Å². The summed E-state index contributed by atoms with van der Waals surface area (Å²) in [6.07, 6.45) is 1.89. The summed E-state index contributed by atoms with van der Waals surface area (Å²) in [6, 6.07) is -0.479. The Hall–Kier alpha value is -0.990. The summed E-state index contributed by atoms with van der Waals surface area (Å²) in [4.78, 5) is 10.1. The number of carbonyl (C=O) groups excluding carboxylic acids is 1. The summed E-state index contributed by atoms with van der Waals surface area (Å²) in [5.41, 5.74) is 5.97. The van der Waals surface area contributed by atoms with Crippen molar-refractivity contribution >= 4 is 6.03 Å². The fourth-order valence-corrected chi connectivity index (χ4v) is 0.356. The Morgan fingerprint density at radius 2 is 2.22 bits per heavy atom. The minimum absolute atomic E-state index is 0.479. The van der Waals surface area contributed by atoms with E-state index in [0.717, 1.165) is 0 Å². The molecule has 0 saturated heterocycles. The molecule has 0 heterocycles. The van der Waals surface area contributed by atoms with Crippen molar-refractivity contribution in [3.63, 3.8) is 0 Å². The normalized spacial score (nSPS) is 8.22. The molecule has 0 unspecified atom stereocenters. The number of rotatable bonds is 2. The molecule has 0 saturated carbocycles. The molecule has 2 amide bonds. The van der Waals surface area contributed by atoms with Crippen molar-refractivity contribution in [2.24, 2.45) is 5.73 Å². The first kappa shape index (κ1) is 8.01. The standard InChI is InChI=1S/C6H12N2O/c1-5(2)3-4-8-6(7)9/h3H,4H2,1-2H3,(H3,7,8,9). The van der Waals surface area contributed by atoms with Crippen LogP contribution in [0.15, 0.2) is 11.6 Å². The van der Waals surface area contributed by atoms with Crippen molar-refractivity contribution in [3.05, 3.63) is 11.6 Å². The van der Waals surface area contributed by atoms with Gasteiger partial charge >= 0.3 is 6.03 Å². The molecule has 0 aliphatic rings. The van der Waals surface area contributed by atoms with E-state index in [1.165, 1.54) is 5.57 Å². The van der Waals surface area contributed by atoms with Crippen LogP contribution >= 0.6 is 0 Å². The lowest BCUT2D eigenvalue weighted by Gasteiger charge is -1.94. The fraction of sp³-hybridized carbons (Fsp3) is 0.500. The second-order valence-corrected chi connectivity index (χ2v) is 2.03. The summed E-state index contributed by atoms with van der Waals surface area (Å²) in [5, 5.41) is 2.44. The molecule has 9 heavy (non-hydrogen) atoms. The van der Waals surface area contributed by atoms with E-state index in [1.54, 1.807) is 0 Å². The highest BCUT2D eigenvalue weighted by atomic mass is 16.2. The molecule has 0 rings (SSSR count). The first-order valence-corrected chi connectivity index (χ1v) is 2.79. The zero-order valence-corrected chi connectivity index (χ0v) is 5.77. The van der Waals surface area contributed by atoms with Crippen LogP contribution in [-0.4, -0.2) is 12.6 Å². The predicted octanol–water partition coefficient (Wildman–Crippen LogP) is 0.621. The minimum Gasteiger partial charge on any atom is -0.352 e. The van der Waals surface area contributed by atoms with Gasteiger partial charge in [-0.1, -0.05) is 11.6 Å². The van der Waals surface area contributed by atoms with Crippen LogP contribution in [0.5, 0.6) is 0 Å². The Morgan fingerprint density at radius 1 is 1.67 bits per heavy atom. The van der Waals surface area contributed by atoms with Gasteiger partial charge in [0.2, 0.25) is 0 Å². The highest BCUT2D eigenvalue weighted by Gasteiger charge is 1.84. The average molecular weight is 128 g/mol. The van der Waals surface area contributed by atoms with Crippen LogP contribution in [0, 0.1) is 0 Å². The molecule has 3 nitrogen and oxygen atoms in total. The van der Waals surface area contributed by atoms with Crippen molar-refractivity contribution in [1.82, 2.24) is 5.32 Å². The molecule has 0 aromatic carbocycles. The minimum atomic E-state index is -0.479. The van der Waals surface area contributed by atoms with Crippen molar-refractivity contribution in [2.75, 3.05) is 6.54 Å². The summed E-state index contributed by atoms with van der Waals surface area (Å²) in [5.74, 6) is 0. The molecule has 0 aromatic rings. The van der Waals surface area contributed by atoms with Gasteiger partial charge in [-0.3, -0.25) is 0 Å². The number of carbonyl (C=O) groups is 1. The van der Waals surface area contributed by atoms with Crippen LogP contribution in [0.3, 0.4) is 0 Å². The van der Waals surface area contributed by atoms with Gasteiger partial charge in [0.15, 0.2) is 0 Å². The molecule has 0 fully saturated rings. The molecule has 0 aromatic heterocycles. The third-order valence-corrected chi connectivity index (χ3v) is 0.787. The Kier molecular flexibility index (Phi) is 3.51. The molecule has 0 atom stereocenters. The van der Waals surface area contributed by atoms with E-state index in [9.17, 15) is 4.79 Å². The predicted molar refractivity (Wildman–Crippen MR) is 37.0 cm³/mol. The zero-order chi connectivity index (χ0) is 7.28. The number of allylic oxidation sites excluding steroid dienone is 1. The largest absolute Gasteiger partial charge is 0.352 e. The molecule has 0 radical (unpaired) electrons. The van der Waals surface area contributed by atoms with Gasteiger partial charge in [-0.25, -0.2) is 4.79 Å². The fourth-order valence-electron chi connectivity index (χ4n) is 0.356. The van der Waals surface area contributed by atoms with Gasteiger partial charge in [0.25, 0.3) is 0 Å². The molecule has 3 heteroatoms.